The zero-order chi connectivity index (χ0) is 18.7. The number of aryl methyl sites for hydroxylation is 1. The Morgan fingerprint density at radius 2 is 1.92 bits per heavy atom. The lowest BCUT2D eigenvalue weighted by Gasteiger charge is -2.14. The number of nitrogens with zero attached hydrogens (tertiary/aromatic N) is 2. The monoisotopic (exact) mass is 351 g/mol. The third-order valence-corrected chi connectivity index (χ3v) is 4.91. The average molecular weight is 351 g/mol. The SMILES string of the molecule is Cc1cc(/C=C/C(=O)NCc2ccccc2CN(C)C)c(C)n1C1CC1. The van der Waals surface area contributed by atoms with Crippen LogP contribution in [0.1, 0.15) is 47.0 Å². The maximum atomic E-state index is 12.3. The second kappa shape index (κ2) is 7.92. The Morgan fingerprint density at radius 3 is 2.58 bits per heavy atom. The first-order chi connectivity index (χ1) is 12.5. The fourth-order valence-corrected chi connectivity index (χ4v) is 3.50. The third kappa shape index (κ3) is 4.44. The van der Waals surface area contributed by atoms with Gasteiger partial charge in [-0.05, 0) is 69.6 Å². The maximum Gasteiger partial charge on any atom is 0.244 e. The molecule has 0 spiro atoms. The molecular formula is C22H29N3O. The molecule has 1 aliphatic carbocycles. The highest BCUT2D eigenvalue weighted by Crippen LogP contribution is 2.38. The van der Waals surface area contributed by atoms with Gasteiger partial charge < -0.3 is 14.8 Å². The second-order valence-corrected chi connectivity index (χ2v) is 7.49. The molecule has 0 unspecified atom stereocenters. The molecule has 1 amide bonds. The van der Waals surface area contributed by atoms with Crippen molar-refractivity contribution in [1.82, 2.24) is 14.8 Å². The summed E-state index contributed by atoms with van der Waals surface area (Å²) in [5.74, 6) is -0.0547. The van der Waals surface area contributed by atoms with E-state index >= 15 is 0 Å². The van der Waals surface area contributed by atoms with Crippen LogP contribution < -0.4 is 5.32 Å². The van der Waals surface area contributed by atoms with Gasteiger partial charge in [0, 0.05) is 36.6 Å². The van der Waals surface area contributed by atoms with Crippen molar-refractivity contribution in [1.29, 1.82) is 0 Å². The van der Waals surface area contributed by atoms with Gasteiger partial charge in [0.15, 0.2) is 0 Å². The number of nitrogens with one attached hydrogen (secondary N) is 1. The summed E-state index contributed by atoms with van der Waals surface area (Å²) in [6.07, 6.45) is 6.12. The van der Waals surface area contributed by atoms with E-state index in [1.54, 1.807) is 6.08 Å². The van der Waals surface area contributed by atoms with Crippen molar-refractivity contribution in [2.45, 2.75) is 45.8 Å². The van der Waals surface area contributed by atoms with E-state index in [0.717, 1.165) is 17.7 Å². The largest absolute Gasteiger partial charge is 0.348 e. The van der Waals surface area contributed by atoms with Crippen LogP contribution in [-0.2, 0) is 17.9 Å². The highest BCUT2D eigenvalue weighted by Gasteiger charge is 2.26. The summed E-state index contributed by atoms with van der Waals surface area (Å²) < 4.78 is 2.40. The summed E-state index contributed by atoms with van der Waals surface area (Å²) in [6, 6.07) is 11.1. The van der Waals surface area contributed by atoms with Crippen LogP contribution in [0.2, 0.25) is 0 Å². The van der Waals surface area contributed by atoms with Crippen LogP contribution >= 0.6 is 0 Å². The molecule has 1 aromatic carbocycles. The van der Waals surface area contributed by atoms with Crippen LogP contribution in [0.3, 0.4) is 0 Å². The Hall–Kier alpha value is -2.33. The zero-order valence-electron chi connectivity index (χ0n) is 16.2. The minimum Gasteiger partial charge on any atom is -0.348 e. The normalized spacial score (nSPS) is 14.3. The van der Waals surface area contributed by atoms with Crippen LogP contribution in [-0.4, -0.2) is 29.5 Å². The molecule has 1 aliphatic rings. The summed E-state index contributed by atoms with van der Waals surface area (Å²) in [6.45, 7) is 5.70. The van der Waals surface area contributed by atoms with Gasteiger partial charge in [-0.1, -0.05) is 24.3 Å². The molecule has 26 heavy (non-hydrogen) atoms. The van der Waals surface area contributed by atoms with Gasteiger partial charge in [0.1, 0.15) is 0 Å². The molecule has 4 nitrogen and oxygen atoms in total. The molecule has 1 fully saturated rings. The number of carbonyl (C=O) groups is 1. The molecule has 0 bridgehead atoms. The van der Waals surface area contributed by atoms with Crippen molar-refractivity contribution in [3.05, 3.63) is 64.5 Å². The van der Waals surface area contributed by atoms with Crippen LogP contribution in [0.15, 0.2) is 36.4 Å². The minimum absolute atomic E-state index is 0.0547. The van der Waals surface area contributed by atoms with Crippen molar-refractivity contribution in [3.63, 3.8) is 0 Å². The number of rotatable bonds is 7. The molecule has 1 heterocycles. The molecule has 1 saturated carbocycles. The van der Waals surface area contributed by atoms with E-state index < -0.39 is 0 Å². The van der Waals surface area contributed by atoms with Crippen molar-refractivity contribution >= 4 is 12.0 Å². The fraction of sp³-hybridized carbons (Fsp3) is 0.409. The maximum absolute atomic E-state index is 12.3. The van der Waals surface area contributed by atoms with E-state index in [2.05, 4.69) is 60.9 Å². The standard InChI is InChI=1S/C22H29N3O/c1-16-13-18(17(2)25(16)21-10-11-21)9-12-22(26)23-14-19-7-5-6-8-20(19)15-24(3)4/h5-9,12-13,21H,10-11,14-15H2,1-4H3,(H,23,26)/b12-9+. The molecular weight excluding hydrogens is 322 g/mol. The van der Waals surface area contributed by atoms with Crippen molar-refractivity contribution in [2.24, 2.45) is 0 Å². The van der Waals surface area contributed by atoms with Crippen molar-refractivity contribution in [3.8, 4) is 0 Å². The molecule has 0 aliphatic heterocycles. The first kappa shape index (κ1) is 18.5. The number of hydrogen-bond acceptors (Lipinski definition) is 2. The van der Waals surface area contributed by atoms with Gasteiger partial charge in [-0.3, -0.25) is 4.79 Å². The third-order valence-electron chi connectivity index (χ3n) is 4.91. The first-order valence-corrected chi connectivity index (χ1v) is 9.31. The molecule has 0 atom stereocenters. The topological polar surface area (TPSA) is 37.3 Å². The Kier molecular flexibility index (Phi) is 5.62. The molecule has 2 aromatic rings. The highest BCUT2D eigenvalue weighted by molar-refractivity contribution is 5.91. The number of aromatic nitrogens is 1. The summed E-state index contributed by atoms with van der Waals surface area (Å²) in [4.78, 5) is 14.4. The summed E-state index contributed by atoms with van der Waals surface area (Å²) >= 11 is 0. The summed E-state index contributed by atoms with van der Waals surface area (Å²) in [5, 5.41) is 3.01. The second-order valence-electron chi connectivity index (χ2n) is 7.49. The molecule has 3 rings (SSSR count). The Labute approximate surface area is 156 Å². The van der Waals surface area contributed by atoms with E-state index in [4.69, 9.17) is 0 Å². The van der Waals surface area contributed by atoms with Gasteiger partial charge in [-0.2, -0.15) is 0 Å². The predicted octanol–water partition coefficient (Wildman–Crippen LogP) is 3.83. The average Bonchev–Trinajstić information content (AvgIpc) is 3.37. The zero-order valence-corrected chi connectivity index (χ0v) is 16.2. The Balaban J connectivity index is 1.61. The van der Waals surface area contributed by atoms with E-state index in [9.17, 15) is 4.79 Å². The first-order valence-electron chi connectivity index (χ1n) is 9.31. The molecule has 138 valence electrons. The molecule has 0 saturated heterocycles. The molecule has 4 heteroatoms. The molecule has 1 N–H and O–H groups in total. The number of benzene rings is 1. The lowest BCUT2D eigenvalue weighted by Crippen LogP contribution is -2.22. The lowest BCUT2D eigenvalue weighted by molar-refractivity contribution is -0.116. The fourth-order valence-electron chi connectivity index (χ4n) is 3.50. The summed E-state index contributed by atoms with van der Waals surface area (Å²) in [5.41, 5.74) is 6.08. The quantitative estimate of drug-likeness (QED) is 0.770. The Bertz CT molecular complexity index is 813. The number of amides is 1. The van der Waals surface area contributed by atoms with E-state index in [0.29, 0.717) is 12.6 Å². The van der Waals surface area contributed by atoms with E-state index in [1.165, 1.54) is 29.8 Å². The van der Waals surface area contributed by atoms with Crippen LogP contribution in [0.4, 0.5) is 0 Å². The van der Waals surface area contributed by atoms with E-state index in [1.807, 2.05) is 18.2 Å². The van der Waals surface area contributed by atoms with Gasteiger partial charge in [0.05, 0.1) is 0 Å². The molecule has 1 aromatic heterocycles. The number of carbonyl (C=O) groups excluding carboxylic acids is 1. The summed E-state index contributed by atoms with van der Waals surface area (Å²) in [7, 11) is 4.10. The van der Waals surface area contributed by atoms with Crippen molar-refractivity contribution < 1.29 is 4.79 Å². The highest BCUT2D eigenvalue weighted by atomic mass is 16.1. The lowest BCUT2D eigenvalue weighted by atomic mass is 10.1. The van der Waals surface area contributed by atoms with Gasteiger partial charge in [-0.15, -0.1) is 0 Å². The van der Waals surface area contributed by atoms with Gasteiger partial charge in [0.25, 0.3) is 0 Å². The van der Waals surface area contributed by atoms with Crippen molar-refractivity contribution in [2.75, 3.05) is 14.1 Å². The van der Waals surface area contributed by atoms with Gasteiger partial charge in [-0.25, -0.2) is 0 Å². The number of hydrogen-bond donors (Lipinski definition) is 1. The van der Waals surface area contributed by atoms with Crippen LogP contribution in [0.5, 0.6) is 0 Å². The van der Waals surface area contributed by atoms with Crippen LogP contribution in [0.25, 0.3) is 6.08 Å². The predicted molar refractivity (Wildman–Crippen MR) is 107 cm³/mol. The van der Waals surface area contributed by atoms with E-state index in [-0.39, 0.29) is 5.91 Å². The van der Waals surface area contributed by atoms with Crippen LogP contribution in [0, 0.1) is 13.8 Å². The minimum atomic E-state index is -0.0547. The van der Waals surface area contributed by atoms with Gasteiger partial charge in [0.2, 0.25) is 5.91 Å². The smallest absolute Gasteiger partial charge is 0.244 e. The van der Waals surface area contributed by atoms with Gasteiger partial charge >= 0.3 is 0 Å². The Morgan fingerprint density at radius 1 is 1.23 bits per heavy atom. The molecule has 0 radical (unpaired) electrons.